The minimum atomic E-state index is -0.281. The highest BCUT2D eigenvalue weighted by Gasteiger charge is 2.27. The maximum atomic E-state index is 12.5. The highest BCUT2D eigenvalue weighted by atomic mass is 79.9. The Morgan fingerprint density at radius 1 is 1.35 bits per heavy atom. The zero-order valence-electron chi connectivity index (χ0n) is 14.5. The van der Waals surface area contributed by atoms with E-state index in [1.807, 2.05) is 25.1 Å². The van der Waals surface area contributed by atoms with Crippen LogP contribution in [0.1, 0.15) is 18.6 Å². The van der Waals surface area contributed by atoms with Crippen molar-refractivity contribution in [2.45, 2.75) is 13.0 Å². The van der Waals surface area contributed by atoms with Gasteiger partial charge in [-0.2, -0.15) is 0 Å². The molecule has 26 heavy (non-hydrogen) atoms. The number of rotatable bonds is 5. The number of carbonyl (C=O) groups excluding carboxylic acids is 2. The van der Waals surface area contributed by atoms with Crippen LogP contribution in [0.2, 0.25) is 0 Å². The van der Waals surface area contributed by atoms with E-state index in [2.05, 4.69) is 21.2 Å². The Hall–Kier alpha value is -2.38. The lowest BCUT2D eigenvalue weighted by molar-refractivity contribution is -0.123. The first-order valence-corrected chi connectivity index (χ1v) is 8.92. The van der Waals surface area contributed by atoms with Crippen LogP contribution in [0.5, 0.6) is 5.75 Å². The molecule has 0 bridgehead atoms. The van der Waals surface area contributed by atoms with Gasteiger partial charge in [0.1, 0.15) is 12.3 Å². The number of halogens is 1. The standard InChI is InChI=1S/C19H19BrN2O4/c1-12(25-2)13-4-3-5-15(8-13)21-18(23)10-22-16-7-6-14(20)9-17(16)26-11-19(22)24/h3-9,12H,10-11H2,1-2H3,(H,21,23). The van der Waals surface area contributed by atoms with Gasteiger partial charge in [-0.3, -0.25) is 14.5 Å². The molecule has 0 saturated carbocycles. The van der Waals surface area contributed by atoms with Crippen LogP contribution in [0.25, 0.3) is 0 Å². The summed E-state index contributed by atoms with van der Waals surface area (Å²) in [7, 11) is 1.63. The second-order valence-electron chi connectivity index (χ2n) is 5.93. The number of fused-ring (bicyclic) bond motifs is 1. The first-order valence-electron chi connectivity index (χ1n) is 8.13. The molecule has 2 aromatic rings. The van der Waals surface area contributed by atoms with E-state index < -0.39 is 0 Å². The molecule has 136 valence electrons. The van der Waals surface area contributed by atoms with Gasteiger partial charge < -0.3 is 14.8 Å². The first kappa shape index (κ1) is 18.4. The van der Waals surface area contributed by atoms with Crippen molar-refractivity contribution in [3.63, 3.8) is 0 Å². The molecule has 2 aromatic carbocycles. The first-order chi connectivity index (χ1) is 12.5. The zero-order chi connectivity index (χ0) is 18.7. The molecular formula is C19H19BrN2O4. The summed E-state index contributed by atoms with van der Waals surface area (Å²) in [5, 5.41) is 2.83. The van der Waals surface area contributed by atoms with Crippen molar-refractivity contribution in [3.8, 4) is 5.75 Å². The van der Waals surface area contributed by atoms with Crippen molar-refractivity contribution in [3.05, 3.63) is 52.5 Å². The van der Waals surface area contributed by atoms with Gasteiger partial charge in [-0.15, -0.1) is 0 Å². The average Bonchev–Trinajstić information content (AvgIpc) is 2.63. The number of hydrogen-bond donors (Lipinski definition) is 1. The van der Waals surface area contributed by atoms with Crippen LogP contribution < -0.4 is 15.0 Å². The Balaban J connectivity index is 1.74. The van der Waals surface area contributed by atoms with Crippen LogP contribution in [0.4, 0.5) is 11.4 Å². The Labute approximate surface area is 160 Å². The molecule has 2 amide bonds. The van der Waals surface area contributed by atoms with E-state index in [0.717, 1.165) is 10.0 Å². The summed E-state index contributed by atoms with van der Waals surface area (Å²) in [4.78, 5) is 26.1. The molecule has 7 heteroatoms. The smallest absolute Gasteiger partial charge is 0.265 e. The maximum Gasteiger partial charge on any atom is 0.265 e. The van der Waals surface area contributed by atoms with E-state index in [4.69, 9.17) is 9.47 Å². The zero-order valence-corrected chi connectivity index (χ0v) is 16.1. The summed E-state index contributed by atoms with van der Waals surface area (Å²) >= 11 is 3.37. The van der Waals surface area contributed by atoms with Gasteiger partial charge in [0.15, 0.2) is 6.61 Å². The minimum Gasteiger partial charge on any atom is -0.482 e. The molecule has 0 fully saturated rings. The van der Waals surface area contributed by atoms with E-state index in [9.17, 15) is 9.59 Å². The maximum absolute atomic E-state index is 12.5. The lowest BCUT2D eigenvalue weighted by Crippen LogP contribution is -2.43. The molecular weight excluding hydrogens is 400 g/mol. The fourth-order valence-corrected chi connectivity index (χ4v) is 3.04. The third-order valence-electron chi connectivity index (χ3n) is 4.16. The second kappa shape index (κ2) is 7.88. The summed E-state index contributed by atoms with van der Waals surface area (Å²) < 4.78 is 11.6. The molecule has 0 aromatic heterocycles. The van der Waals surface area contributed by atoms with Gasteiger partial charge in [-0.1, -0.05) is 28.1 Å². The molecule has 0 aliphatic carbocycles. The average molecular weight is 419 g/mol. The van der Waals surface area contributed by atoms with Crippen LogP contribution >= 0.6 is 15.9 Å². The van der Waals surface area contributed by atoms with E-state index >= 15 is 0 Å². The molecule has 1 N–H and O–H groups in total. The van der Waals surface area contributed by atoms with Gasteiger partial charge in [0.05, 0.1) is 11.8 Å². The molecule has 0 spiro atoms. The van der Waals surface area contributed by atoms with Crippen molar-refractivity contribution in [2.24, 2.45) is 0 Å². The molecule has 1 aliphatic rings. The molecule has 1 atom stereocenters. The predicted octanol–water partition coefficient (Wildman–Crippen LogP) is 3.52. The van der Waals surface area contributed by atoms with E-state index in [1.54, 1.807) is 31.4 Å². The van der Waals surface area contributed by atoms with Crippen molar-refractivity contribution < 1.29 is 19.1 Å². The number of methoxy groups -OCH3 is 1. The van der Waals surface area contributed by atoms with E-state index in [-0.39, 0.29) is 31.1 Å². The molecule has 6 nitrogen and oxygen atoms in total. The lowest BCUT2D eigenvalue weighted by atomic mass is 10.1. The number of carbonyl (C=O) groups is 2. The van der Waals surface area contributed by atoms with Crippen molar-refractivity contribution >= 4 is 39.1 Å². The minimum absolute atomic E-state index is 0.0713. The Bertz CT molecular complexity index is 840. The van der Waals surface area contributed by atoms with Crippen LogP contribution in [-0.4, -0.2) is 32.1 Å². The van der Waals surface area contributed by atoms with Gasteiger partial charge >= 0.3 is 0 Å². The number of nitrogens with one attached hydrogen (secondary N) is 1. The number of hydrogen-bond acceptors (Lipinski definition) is 4. The summed E-state index contributed by atoms with van der Waals surface area (Å²) in [5.74, 6) is 0.0377. The van der Waals surface area contributed by atoms with Crippen LogP contribution in [0.15, 0.2) is 46.9 Å². The van der Waals surface area contributed by atoms with Crippen LogP contribution in [0, 0.1) is 0 Å². The fraction of sp³-hybridized carbons (Fsp3) is 0.263. The van der Waals surface area contributed by atoms with Gasteiger partial charge in [-0.25, -0.2) is 0 Å². The number of benzene rings is 2. The van der Waals surface area contributed by atoms with Gasteiger partial charge in [0.25, 0.3) is 5.91 Å². The summed E-state index contributed by atoms with van der Waals surface area (Å²) in [6.45, 7) is 1.76. The van der Waals surface area contributed by atoms with Gasteiger partial charge in [0.2, 0.25) is 5.91 Å². The Morgan fingerprint density at radius 3 is 2.92 bits per heavy atom. The molecule has 1 heterocycles. The predicted molar refractivity (Wildman–Crippen MR) is 102 cm³/mol. The second-order valence-corrected chi connectivity index (χ2v) is 6.85. The summed E-state index contributed by atoms with van der Waals surface area (Å²) in [6.07, 6.45) is -0.0713. The normalized spacial score (nSPS) is 14.4. The Morgan fingerprint density at radius 2 is 2.15 bits per heavy atom. The van der Waals surface area contributed by atoms with Crippen molar-refractivity contribution in [1.82, 2.24) is 0 Å². The highest BCUT2D eigenvalue weighted by Crippen LogP contribution is 2.34. The molecule has 0 saturated heterocycles. The van der Waals surface area contributed by atoms with Crippen molar-refractivity contribution in [2.75, 3.05) is 30.5 Å². The number of nitrogens with zero attached hydrogens (tertiary/aromatic N) is 1. The number of amides is 2. The molecule has 1 aliphatic heterocycles. The van der Waals surface area contributed by atoms with E-state index in [1.165, 1.54) is 4.90 Å². The molecule has 1 unspecified atom stereocenters. The third kappa shape index (κ3) is 4.05. The monoisotopic (exact) mass is 418 g/mol. The third-order valence-corrected chi connectivity index (χ3v) is 4.65. The fourth-order valence-electron chi connectivity index (χ4n) is 2.70. The number of ether oxygens (including phenoxy) is 2. The number of anilines is 2. The van der Waals surface area contributed by atoms with Crippen molar-refractivity contribution in [1.29, 1.82) is 0 Å². The lowest BCUT2D eigenvalue weighted by Gasteiger charge is -2.29. The summed E-state index contributed by atoms with van der Waals surface area (Å²) in [6, 6.07) is 12.8. The summed E-state index contributed by atoms with van der Waals surface area (Å²) in [5.41, 5.74) is 2.21. The molecule has 3 rings (SSSR count). The van der Waals surface area contributed by atoms with Gasteiger partial charge in [-0.05, 0) is 42.8 Å². The Kier molecular flexibility index (Phi) is 5.58. The van der Waals surface area contributed by atoms with Gasteiger partial charge in [0, 0.05) is 17.3 Å². The van der Waals surface area contributed by atoms with E-state index in [0.29, 0.717) is 17.1 Å². The highest BCUT2D eigenvalue weighted by molar-refractivity contribution is 9.10. The van der Waals surface area contributed by atoms with Crippen LogP contribution in [0.3, 0.4) is 0 Å². The largest absolute Gasteiger partial charge is 0.482 e. The molecule has 0 radical (unpaired) electrons. The quantitative estimate of drug-likeness (QED) is 0.806. The topological polar surface area (TPSA) is 67.9 Å². The van der Waals surface area contributed by atoms with Crippen LogP contribution in [-0.2, 0) is 14.3 Å². The SMILES string of the molecule is COC(C)c1cccc(NC(=O)CN2C(=O)COc3cc(Br)ccc32)c1.